The predicted octanol–water partition coefficient (Wildman–Crippen LogP) is 2.34. The van der Waals surface area contributed by atoms with Gasteiger partial charge in [-0.05, 0) is 50.7 Å². The smallest absolute Gasteiger partial charge is 0.204 e. The van der Waals surface area contributed by atoms with E-state index in [4.69, 9.17) is 27.3 Å². The predicted molar refractivity (Wildman–Crippen MR) is 157 cm³/mol. The third-order valence-corrected chi connectivity index (χ3v) is 6.84. The van der Waals surface area contributed by atoms with Crippen LogP contribution >= 0.6 is 48.8 Å². The summed E-state index contributed by atoms with van der Waals surface area (Å²) in [7, 11) is 0. The summed E-state index contributed by atoms with van der Waals surface area (Å²) in [6, 6.07) is 6.93. The van der Waals surface area contributed by atoms with E-state index in [1.165, 1.54) is 5.56 Å². The molecule has 1 fully saturated rings. The van der Waals surface area contributed by atoms with E-state index in [1.54, 1.807) is 6.20 Å². The van der Waals surface area contributed by atoms with Gasteiger partial charge in [0.1, 0.15) is 5.15 Å². The van der Waals surface area contributed by atoms with Crippen molar-refractivity contribution < 1.29 is 16.4 Å². The van der Waals surface area contributed by atoms with Gasteiger partial charge < -0.3 is 36.9 Å². The Bertz CT molecular complexity index is 1100. The lowest BCUT2D eigenvalue weighted by Crippen LogP contribution is -2.41. The Labute approximate surface area is 240 Å². The summed E-state index contributed by atoms with van der Waals surface area (Å²) in [5.41, 5.74) is 11.2. The highest BCUT2D eigenvalue weighted by Gasteiger charge is 2.30. The highest BCUT2D eigenvalue weighted by Crippen LogP contribution is 2.37. The Morgan fingerprint density at radius 2 is 1.76 bits per heavy atom. The van der Waals surface area contributed by atoms with Gasteiger partial charge in [0.15, 0.2) is 0 Å². The van der Waals surface area contributed by atoms with Crippen LogP contribution in [0.1, 0.15) is 48.7 Å². The van der Waals surface area contributed by atoms with E-state index in [0.717, 1.165) is 86.7 Å². The van der Waals surface area contributed by atoms with Gasteiger partial charge in [-0.1, -0.05) is 23.7 Å². The van der Waals surface area contributed by atoms with Gasteiger partial charge in [0.2, 0.25) is 5.95 Å². The van der Waals surface area contributed by atoms with Crippen LogP contribution in [0.2, 0.25) is 5.15 Å². The van der Waals surface area contributed by atoms with Crippen LogP contribution in [0, 0.1) is 6.92 Å². The second-order valence-corrected chi connectivity index (χ2v) is 9.12. The van der Waals surface area contributed by atoms with E-state index < -0.39 is 0 Å². The molecule has 0 amide bonds. The van der Waals surface area contributed by atoms with Crippen LogP contribution in [0.5, 0.6) is 0 Å². The molecular weight excluding hydrogens is 564 g/mol. The maximum atomic E-state index is 6.14. The molecule has 212 valence electrons. The summed E-state index contributed by atoms with van der Waals surface area (Å²) in [6.07, 6.45) is 6.87. The molecule has 2 aromatic heterocycles. The van der Waals surface area contributed by atoms with E-state index in [0.29, 0.717) is 11.2 Å². The molecule has 3 aromatic rings. The first-order valence-corrected chi connectivity index (χ1v) is 11.7. The Hall–Kier alpha value is -1.47. The minimum Gasteiger partial charge on any atom is -0.412 e. The zero-order chi connectivity index (χ0) is 21.4. The normalized spacial score (nSPS) is 16.9. The van der Waals surface area contributed by atoms with Crippen LogP contribution in [0.3, 0.4) is 0 Å². The largest absolute Gasteiger partial charge is 0.412 e. The topological polar surface area (TPSA) is 179 Å². The van der Waals surface area contributed by atoms with Gasteiger partial charge in [-0.15, -0.1) is 37.2 Å². The monoisotopic (exact) mass is 601 g/mol. The zero-order valence-electron chi connectivity index (χ0n) is 20.7. The number of rotatable bonds is 5. The molecular formula is C23H39Cl4N7O3. The molecule has 10 nitrogen and oxygen atoms in total. The Morgan fingerprint density at radius 1 is 1.05 bits per heavy atom. The lowest BCUT2D eigenvalue weighted by Gasteiger charge is -2.33. The fourth-order valence-corrected chi connectivity index (χ4v) is 5.22. The molecule has 3 heterocycles. The first kappa shape index (κ1) is 37.7. The molecule has 0 spiro atoms. The van der Waals surface area contributed by atoms with Crippen LogP contribution in [-0.2, 0) is 6.42 Å². The molecule has 0 saturated carbocycles. The number of aryl methyl sites for hydroxylation is 2. The van der Waals surface area contributed by atoms with E-state index in [2.05, 4.69) is 44.9 Å². The number of fused-ring (bicyclic) bond motifs is 2. The number of anilines is 1. The quantitative estimate of drug-likeness (QED) is 0.452. The third-order valence-electron chi connectivity index (χ3n) is 6.65. The second-order valence-electron chi connectivity index (χ2n) is 8.73. The molecule has 1 aliphatic carbocycles. The average Bonchev–Trinajstić information content (AvgIpc) is 3.14. The number of imidazole rings is 1. The average molecular weight is 603 g/mol. The van der Waals surface area contributed by atoms with E-state index in [-0.39, 0.29) is 59.7 Å². The Morgan fingerprint density at radius 3 is 2.43 bits per heavy atom. The summed E-state index contributed by atoms with van der Waals surface area (Å²) >= 11 is 6.14. The first-order valence-electron chi connectivity index (χ1n) is 11.3. The Kier molecular flexibility index (Phi) is 16.8. The van der Waals surface area contributed by atoms with Gasteiger partial charge in [0.05, 0.1) is 34.7 Å². The van der Waals surface area contributed by atoms with Crippen molar-refractivity contribution in [2.24, 2.45) is 5.73 Å². The van der Waals surface area contributed by atoms with Crippen molar-refractivity contribution in [1.82, 2.24) is 24.4 Å². The molecule has 2 aliphatic rings. The number of piperidine rings is 1. The third kappa shape index (κ3) is 7.78. The summed E-state index contributed by atoms with van der Waals surface area (Å²) in [6.45, 7) is 5.97. The number of nitrogens with one attached hydrogen (secondary N) is 1. The first-order chi connectivity index (χ1) is 15.1. The maximum Gasteiger partial charge on any atom is 0.204 e. The number of hydrogen-bond donors (Lipinski definition) is 2. The van der Waals surface area contributed by atoms with Crippen molar-refractivity contribution in [2.45, 2.75) is 51.1 Å². The van der Waals surface area contributed by atoms with Crippen molar-refractivity contribution in [3.05, 3.63) is 46.5 Å². The molecule has 9 N–H and O–H groups in total. The fraction of sp³-hybridized carbons (Fsp3) is 0.522. The molecule has 0 radical (unpaired) electrons. The van der Waals surface area contributed by atoms with E-state index in [9.17, 15) is 0 Å². The van der Waals surface area contributed by atoms with Gasteiger partial charge in [-0.2, -0.15) is 0 Å². The lowest BCUT2D eigenvalue weighted by atomic mass is 9.95. The second kappa shape index (κ2) is 16.5. The minimum atomic E-state index is 0. The molecule has 1 aromatic carbocycles. The van der Waals surface area contributed by atoms with Crippen LogP contribution in [0.15, 0.2) is 24.4 Å². The maximum absolute atomic E-state index is 6.14. The van der Waals surface area contributed by atoms with Crippen LogP contribution in [0.4, 0.5) is 5.95 Å². The number of halogens is 4. The zero-order valence-corrected chi connectivity index (χ0v) is 23.9. The van der Waals surface area contributed by atoms with Crippen molar-refractivity contribution in [1.29, 1.82) is 0 Å². The summed E-state index contributed by atoms with van der Waals surface area (Å²) in [4.78, 5) is 16.8. The number of likely N-dealkylation sites (tertiary alicyclic amines) is 1. The van der Waals surface area contributed by atoms with Crippen molar-refractivity contribution in [2.75, 3.05) is 31.5 Å². The number of nitrogens with zero attached hydrogens (tertiary/aromatic N) is 5. The highest BCUT2D eigenvalue weighted by molar-refractivity contribution is 6.29. The minimum absolute atomic E-state index is 0. The summed E-state index contributed by atoms with van der Waals surface area (Å²) < 4.78 is 2.36. The van der Waals surface area contributed by atoms with Crippen LogP contribution in [0.25, 0.3) is 11.0 Å². The van der Waals surface area contributed by atoms with Gasteiger partial charge in [-0.3, -0.25) is 4.98 Å². The van der Waals surface area contributed by atoms with Crippen molar-refractivity contribution >= 4 is 65.8 Å². The van der Waals surface area contributed by atoms with Crippen LogP contribution in [-0.4, -0.2) is 73.1 Å². The SMILES string of the molecule is Cc1cccc2c1nc(NC1CCN(CCN)CC1)n2C1CCCc2nc(Cl)cnc21.Cl.Cl.Cl.O.O.O. The van der Waals surface area contributed by atoms with Crippen molar-refractivity contribution in [3.63, 3.8) is 0 Å². The summed E-state index contributed by atoms with van der Waals surface area (Å²) in [5.74, 6) is 0.941. The molecule has 1 saturated heterocycles. The van der Waals surface area contributed by atoms with Gasteiger partial charge in [0.25, 0.3) is 0 Å². The summed E-state index contributed by atoms with van der Waals surface area (Å²) in [5, 5.41) is 4.25. The number of nitrogens with two attached hydrogens (primary N) is 1. The number of hydrogen-bond acceptors (Lipinski definition) is 6. The molecule has 1 aliphatic heterocycles. The lowest BCUT2D eigenvalue weighted by molar-refractivity contribution is 0.224. The highest BCUT2D eigenvalue weighted by atomic mass is 35.5. The van der Waals surface area contributed by atoms with Crippen LogP contribution < -0.4 is 11.1 Å². The number of benzene rings is 1. The van der Waals surface area contributed by atoms with E-state index in [1.807, 2.05) is 0 Å². The standard InChI is InChI=1S/C23H30ClN7.3ClH.3H2O/c1-15-4-2-6-18-21(15)29-23(27-16-8-11-30(12-9-16)13-10-25)31(18)19-7-3-5-17-22(19)26-14-20(24)28-17;;;;;;/h2,4,6,14,16,19H,3,5,7-13,25H2,1H3,(H,27,29);3*1H;3*1H2. The number of aromatic nitrogens is 4. The number of para-hydroxylation sites is 1. The molecule has 0 bridgehead atoms. The van der Waals surface area contributed by atoms with Gasteiger partial charge in [0, 0.05) is 32.2 Å². The molecule has 1 unspecified atom stereocenters. The molecule has 1 atom stereocenters. The molecule has 5 rings (SSSR count). The van der Waals surface area contributed by atoms with Crippen molar-refractivity contribution in [3.8, 4) is 0 Å². The fourth-order valence-electron chi connectivity index (χ4n) is 5.07. The molecule has 14 heteroatoms. The molecule has 37 heavy (non-hydrogen) atoms. The van der Waals surface area contributed by atoms with Gasteiger partial charge >= 0.3 is 0 Å². The van der Waals surface area contributed by atoms with Gasteiger partial charge in [-0.25, -0.2) is 9.97 Å². The Balaban J connectivity index is 0. The van der Waals surface area contributed by atoms with E-state index >= 15 is 0 Å².